The minimum atomic E-state index is -4.62. The molecule has 0 radical (unpaired) electrons. The molecular formula is C104H148F3N3O29. The highest BCUT2D eigenvalue weighted by Gasteiger charge is 2.63. The van der Waals surface area contributed by atoms with Crippen molar-refractivity contribution in [2.45, 2.75) is 382 Å². The average Bonchev–Trinajstić information content (AvgIpc) is 1.59. The second kappa shape index (κ2) is 46.8. The van der Waals surface area contributed by atoms with Crippen molar-refractivity contribution in [3.05, 3.63) is 148 Å². The smallest absolute Gasteiger partial charge is 0.417 e. The zero-order valence-electron chi connectivity index (χ0n) is 83.6. The quantitative estimate of drug-likeness (QED) is 0.0433. The van der Waals surface area contributed by atoms with Crippen LogP contribution < -0.4 is 5.32 Å². The number of hydrogen-bond donors (Lipinski definition) is 7. The molecule has 0 unspecified atom stereocenters. The third kappa shape index (κ3) is 24.7. The Morgan fingerprint density at radius 2 is 0.964 bits per heavy atom. The van der Waals surface area contributed by atoms with Crippen molar-refractivity contribution in [1.29, 1.82) is 5.26 Å². The summed E-state index contributed by atoms with van der Waals surface area (Å²) in [5.74, 6) is -6.15. The molecule has 4 bridgehead atoms. The van der Waals surface area contributed by atoms with Crippen molar-refractivity contribution < 1.29 is 153 Å². The van der Waals surface area contributed by atoms with E-state index in [2.05, 4.69) is 84.7 Å². The van der Waals surface area contributed by atoms with Crippen molar-refractivity contribution in [3.63, 3.8) is 0 Å². The van der Waals surface area contributed by atoms with Gasteiger partial charge in [0.25, 0.3) is 5.91 Å². The Kier molecular flexibility index (Phi) is 36.8. The number of pyridine rings is 1. The first kappa shape index (κ1) is 110. The van der Waals surface area contributed by atoms with Crippen LogP contribution in [0.1, 0.15) is 197 Å². The summed E-state index contributed by atoms with van der Waals surface area (Å²) < 4.78 is 164. The second-order valence-corrected chi connectivity index (χ2v) is 40.5. The maximum absolute atomic E-state index is 14.3. The number of nitriles is 1. The number of esters is 2. The fourth-order valence-electron chi connectivity index (χ4n) is 22.0. The lowest BCUT2D eigenvalue weighted by molar-refractivity contribution is -0.318. The number of carbonyl (C=O) groups excluding carboxylic acids is 3. The van der Waals surface area contributed by atoms with E-state index in [0.717, 1.165) is 30.0 Å². The van der Waals surface area contributed by atoms with Crippen molar-refractivity contribution in [1.82, 2.24) is 10.3 Å². The van der Waals surface area contributed by atoms with Crippen LogP contribution in [0.25, 0.3) is 0 Å². The van der Waals surface area contributed by atoms with E-state index in [1.165, 1.54) is 0 Å². The number of ether oxygens (including phenoxy) is 20. The summed E-state index contributed by atoms with van der Waals surface area (Å²) in [7, 11) is 6.44. The highest BCUT2D eigenvalue weighted by atomic mass is 19.4. The first-order chi connectivity index (χ1) is 65.9. The van der Waals surface area contributed by atoms with Gasteiger partial charge >= 0.3 is 18.1 Å². The van der Waals surface area contributed by atoms with Crippen LogP contribution in [0.3, 0.4) is 0 Å². The number of fused-ring (bicyclic) bond motifs is 4. The van der Waals surface area contributed by atoms with Crippen LogP contribution in [0.15, 0.2) is 137 Å². The Labute approximate surface area is 814 Å². The SMILES string of the molecule is CC[C@H](C)[C@H]1O[C@]2(C=C[C@@H]1C)C[C@@H]1C[C@@H](C/C=C(\C)[C@@H](O[C@H]3C[C@H](OC)[C@@H](O[C@H]4C[C@H](OC)[C@@H](O)[C@H](C)O4)[C@H](C)O3)[C@@H](C)/C=C/C=C3\CO[C@@H]4[C@H](O)C(C)=C[C@@H](C(=O)O1)[C@]34O)O2.CO[C@H]1C[C@H](O[C@H]2[C@H](C)O[C@@H](O[C@@H]3/C(C)=C/C[C@@H]4C[C@@H](C[C@]5(C=C[C@H](C)[C@@H](C(C)C)O5)O4)OC(=O)[C@@H]4C=C(C)[C@@H](O)[C@H]5OC/C(=C\C=C\[C@@H]3C)[C@]54O)C[C@@H]2OC)O[C@@H](C)[C@@H]1O.N#CCNC(=O)c1cnccc1C(F)(F)F. The summed E-state index contributed by atoms with van der Waals surface area (Å²) in [6, 6.07) is 2.30. The molecule has 15 rings (SSSR count). The van der Waals surface area contributed by atoms with Gasteiger partial charge < -0.3 is 131 Å². The second-order valence-electron chi connectivity index (χ2n) is 40.5. The van der Waals surface area contributed by atoms with E-state index in [1.54, 1.807) is 86.5 Å². The van der Waals surface area contributed by atoms with Gasteiger partial charge in [-0.1, -0.05) is 135 Å². The molecule has 35 heteroatoms. The summed E-state index contributed by atoms with van der Waals surface area (Å²) in [5, 5.41) is 78.6. The van der Waals surface area contributed by atoms with Crippen LogP contribution in [0.5, 0.6) is 0 Å². The van der Waals surface area contributed by atoms with Crippen LogP contribution in [0.4, 0.5) is 13.2 Å². The summed E-state index contributed by atoms with van der Waals surface area (Å²) in [6.45, 7) is 31.7. The van der Waals surface area contributed by atoms with Crippen LogP contribution in [-0.4, -0.2) is 296 Å². The zero-order valence-corrected chi connectivity index (χ0v) is 83.6. The van der Waals surface area contributed by atoms with Gasteiger partial charge in [-0.3, -0.25) is 19.4 Å². The molecule has 774 valence electrons. The number of methoxy groups -OCH3 is 4. The number of allylic oxidation sites excluding steroid dienone is 4. The number of hydrogen-bond acceptors (Lipinski definition) is 31. The fourth-order valence-corrected chi connectivity index (χ4v) is 22.0. The third-order valence-electron chi connectivity index (χ3n) is 30.2. The van der Waals surface area contributed by atoms with Gasteiger partial charge in [0.1, 0.15) is 90.6 Å². The number of aromatic nitrogens is 1. The molecule has 7 N–H and O–H groups in total. The van der Waals surface area contributed by atoms with Crippen LogP contribution in [0.2, 0.25) is 0 Å². The van der Waals surface area contributed by atoms with Crippen LogP contribution in [-0.2, 0) is 111 Å². The molecule has 39 atom stereocenters. The molecule has 139 heavy (non-hydrogen) atoms. The first-order valence-corrected chi connectivity index (χ1v) is 49.3. The van der Waals surface area contributed by atoms with Gasteiger partial charge in [-0.2, -0.15) is 18.4 Å². The molecule has 1 amide bonds. The number of nitrogens with zero attached hydrogens (tertiary/aromatic N) is 2. The Morgan fingerprint density at radius 3 is 1.37 bits per heavy atom. The lowest BCUT2D eigenvalue weighted by atomic mass is 9.71. The summed E-state index contributed by atoms with van der Waals surface area (Å²) in [4.78, 5) is 43.4. The van der Waals surface area contributed by atoms with Gasteiger partial charge in [0.15, 0.2) is 36.7 Å². The summed E-state index contributed by atoms with van der Waals surface area (Å²) in [6.07, 6.45) is 13.2. The normalized spacial score (nSPS) is 44.8. The monoisotopic (exact) mass is 1960 g/mol. The Bertz CT molecular complexity index is 4720. The lowest BCUT2D eigenvalue weighted by Crippen LogP contribution is -2.58. The number of nitrogens with one attached hydrogen (secondary N) is 1. The Hall–Kier alpha value is -6.72. The number of aliphatic hydroxyl groups excluding tert-OH is 4. The van der Waals surface area contributed by atoms with Gasteiger partial charge in [-0.25, -0.2) is 0 Å². The molecule has 12 aliphatic heterocycles. The minimum Gasteiger partial charge on any atom is -0.462 e. The van der Waals surface area contributed by atoms with E-state index in [-0.39, 0.29) is 91.9 Å². The molecular weight excluding hydrogens is 1810 g/mol. The summed E-state index contributed by atoms with van der Waals surface area (Å²) in [5.41, 5.74) is -1.40. The topological polar surface area (TPSA) is 406 Å². The Balaban J connectivity index is 0.000000202. The van der Waals surface area contributed by atoms with Gasteiger partial charge in [0.05, 0.1) is 116 Å². The number of halogens is 3. The van der Waals surface area contributed by atoms with E-state index >= 15 is 0 Å². The maximum atomic E-state index is 14.3. The molecule has 2 aliphatic carbocycles. The third-order valence-corrected chi connectivity index (χ3v) is 30.2. The molecule has 8 saturated heterocycles. The number of rotatable bonds is 17. The number of aliphatic hydroxyl groups is 6. The Morgan fingerprint density at radius 1 is 0.554 bits per heavy atom. The average molecular weight is 1960 g/mol. The number of alkyl halides is 3. The van der Waals surface area contributed by atoms with Crippen molar-refractivity contribution in [2.24, 2.45) is 47.3 Å². The fraction of sp³-hybridized carbons (Fsp3) is 0.721. The van der Waals surface area contributed by atoms with Crippen molar-refractivity contribution in [2.75, 3.05) is 48.2 Å². The molecule has 13 heterocycles. The number of amides is 1. The van der Waals surface area contributed by atoms with Gasteiger partial charge in [-0.15, -0.1) is 0 Å². The first-order valence-electron chi connectivity index (χ1n) is 49.3. The molecule has 0 aromatic carbocycles. The lowest BCUT2D eigenvalue weighted by Gasteiger charge is -2.48. The minimum absolute atomic E-state index is 0.0313. The molecule has 0 saturated carbocycles. The summed E-state index contributed by atoms with van der Waals surface area (Å²) >= 11 is 0. The predicted octanol–water partition coefficient (Wildman–Crippen LogP) is 11.7. The standard InChI is InChI=1S/C48H72O14.C47H70O14.C9H6F3N3O/c1-11-25(2)43-28(5)17-18-47(62-43)23-34-20-33(61-47)16-15-27(4)42(26(3)13-12-14-32-24-55-45-40(49)29(6)19-35(46(51)58-34)48(32,45)52)59-39-22-37(54-10)44(31(8)57-39)60-38-21-36(53-9)41(50)30(7)56-38;1-24(2)41-27(5)16-17-46(61-41)22-33-19-32(60-46)15-14-26(4)42(25(3)12-11-13-31-23-54-44-39(48)28(6)18-34(45(50)57-33)47(31,44)51)58-38-21-36(53-10)43(30(8)56-38)59-37-20-35(52-9)40(49)29(7)55-37;10-9(11,12)7-1-3-14-5-6(7)8(16)15-4-2-13/h12-15,17-19,25-26,28,30-31,33-45,49-50,52H,11,16,20-24H2,1-10H3;11-14,16-18,24-25,27,29-30,32-44,48-49,51H,15,19-23H2,1-10H3;1,3,5H,4H2,(H,15,16)/b13-12+,27-15+,32-14+;12-11+,26-14+,31-13+;/t25-,26-,28-,30-,31-,33+,34-,35-,36-,37-,38-,39-,40+,41-,42-,43+,44-,45+,47+,48+;25-,27-,29-,30-,32+,33-,34-,35-,36-,37-,38-,39+,40-,41+,42-,43-,44+,46+,47+;/m00./s1. The van der Waals surface area contributed by atoms with Gasteiger partial charge in [-0.05, 0) is 132 Å². The molecule has 1 aromatic heterocycles. The van der Waals surface area contributed by atoms with E-state index in [9.17, 15) is 58.2 Å². The molecule has 8 fully saturated rings. The van der Waals surface area contributed by atoms with Crippen molar-refractivity contribution >= 4 is 17.8 Å². The molecule has 14 aliphatic rings. The van der Waals surface area contributed by atoms with Crippen LogP contribution >= 0.6 is 0 Å². The van der Waals surface area contributed by atoms with Gasteiger partial charge in [0, 0.05) is 116 Å². The van der Waals surface area contributed by atoms with E-state index < -0.39 is 205 Å². The predicted molar refractivity (Wildman–Crippen MR) is 497 cm³/mol. The van der Waals surface area contributed by atoms with E-state index in [4.69, 9.17) is 100.0 Å². The largest absolute Gasteiger partial charge is 0.462 e. The van der Waals surface area contributed by atoms with Crippen molar-refractivity contribution in [3.8, 4) is 6.07 Å². The van der Waals surface area contributed by atoms with Crippen LogP contribution in [0, 0.1) is 58.7 Å². The zero-order chi connectivity index (χ0) is 101. The maximum Gasteiger partial charge on any atom is 0.417 e. The van der Waals surface area contributed by atoms with Gasteiger partial charge in [0.2, 0.25) is 0 Å². The van der Waals surface area contributed by atoms with E-state index in [0.29, 0.717) is 92.6 Å². The molecule has 2 spiro atoms. The molecule has 1 aromatic rings. The highest BCUT2D eigenvalue weighted by molar-refractivity contribution is 5.95. The molecule has 32 nitrogen and oxygen atoms in total. The number of carbonyl (C=O) groups is 3. The van der Waals surface area contributed by atoms with E-state index in [1.807, 2.05) is 69.5 Å². The highest BCUT2D eigenvalue weighted by Crippen LogP contribution is 2.51.